The van der Waals surface area contributed by atoms with Gasteiger partial charge in [0.1, 0.15) is 5.02 Å². The summed E-state index contributed by atoms with van der Waals surface area (Å²) in [6, 6.07) is 4.93. The predicted octanol–water partition coefficient (Wildman–Crippen LogP) is 2.68. The Balaban J connectivity index is 1.82. The molecule has 0 aliphatic carbocycles. The molecule has 2 aromatic rings. The number of aromatic nitrogens is 2. The number of rotatable bonds is 3. The van der Waals surface area contributed by atoms with Gasteiger partial charge in [0.15, 0.2) is 0 Å². The summed E-state index contributed by atoms with van der Waals surface area (Å²) in [4.78, 5) is 27.2. The second kappa shape index (κ2) is 7.22. The van der Waals surface area contributed by atoms with Crippen molar-refractivity contribution in [2.45, 2.75) is 25.7 Å². The molecule has 1 aromatic carbocycles. The van der Waals surface area contributed by atoms with Gasteiger partial charge >= 0.3 is 6.18 Å². The maximum Gasteiger partial charge on any atom is 0.416 e. The van der Waals surface area contributed by atoms with Crippen LogP contribution in [0.25, 0.3) is 0 Å². The average molecular weight is 401 g/mol. The van der Waals surface area contributed by atoms with Crippen molar-refractivity contribution in [1.29, 1.82) is 0 Å². The second-order valence-electron chi connectivity index (χ2n) is 6.30. The van der Waals surface area contributed by atoms with Gasteiger partial charge in [0, 0.05) is 19.1 Å². The van der Waals surface area contributed by atoms with Crippen molar-refractivity contribution in [2.24, 2.45) is 0 Å². The van der Waals surface area contributed by atoms with Crippen LogP contribution in [0.3, 0.4) is 0 Å². The summed E-state index contributed by atoms with van der Waals surface area (Å²) in [7, 11) is 0. The average Bonchev–Trinajstić information content (AvgIpc) is 2.60. The third kappa shape index (κ3) is 3.92. The number of benzene rings is 1. The Kier molecular flexibility index (Phi) is 5.14. The van der Waals surface area contributed by atoms with Gasteiger partial charge in [-0.05, 0) is 18.6 Å². The number of amides is 1. The number of carbonyl (C=O) groups is 1. The van der Waals surface area contributed by atoms with Crippen LogP contribution in [0.1, 0.15) is 18.1 Å². The van der Waals surface area contributed by atoms with E-state index in [0.717, 1.165) is 6.07 Å². The molecule has 1 aromatic heterocycles. The summed E-state index contributed by atoms with van der Waals surface area (Å²) in [5.74, 6) is -0.360. The fraction of sp³-hybridized carbons (Fsp3) is 0.353. The Bertz CT molecular complexity index is 916. The third-order valence-corrected chi connectivity index (χ3v) is 4.81. The van der Waals surface area contributed by atoms with E-state index >= 15 is 0 Å². The lowest BCUT2D eigenvalue weighted by Crippen LogP contribution is -2.55. The van der Waals surface area contributed by atoms with Crippen LogP contribution in [0.15, 0.2) is 35.3 Å². The molecule has 1 saturated heterocycles. The minimum Gasteiger partial charge on any atom is -0.355 e. The molecule has 0 unspecified atom stereocenters. The number of H-pyrrole nitrogens is 1. The van der Waals surface area contributed by atoms with Crippen LogP contribution in [0.4, 0.5) is 18.9 Å². The van der Waals surface area contributed by atoms with Gasteiger partial charge in [-0.25, -0.2) is 5.10 Å². The number of carbonyl (C=O) groups excluding carboxylic acids is 1. The zero-order chi connectivity index (χ0) is 19.8. The largest absolute Gasteiger partial charge is 0.416 e. The number of aromatic amines is 1. The van der Waals surface area contributed by atoms with E-state index in [9.17, 15) is 22.8 Å². The van der Waals surface area contributed by atoms with Crippen molar-refractivity contribution in [2.75, 3.05) is 18.0 Å². The molecular weight excluding hydrogens is 385 g/mol. The third-order valence-electron chi connectivity index (χ3n) is 4.45. The minimum atomic E-state index is -4.49. The van der Waals surface area contributed by atoms with Crippen LogP contribution in [0.5, 0.6) is 0 Å². The molecule has 0 bridgehead atoms. The Morgan fingerprint density at radius 2 is 2.00 bits per heavy atom. The Morgan fingerprint density at radius 1 is 1.30 bits per heavy atom. The van der Waals surface area contributed by atoms with E-state index < -0.39 is 17.3 Å². The lowest BCUT2D eigenvalue weighted by molar-refractivity contribution is -0.140. The fourth-order valence-electron chi connectivity index (χ4n) is 3.11. The summed E-state index contributed by atoms with van der Waals surface area (Å²) in [6.07, 6.45) is -3.14. The lowest BCUT2D eigenvalue weighted by Gasteiger charge is -2.40. The Labute approximate surface area is 157 Å². The highest BCUT2D eigenvalue weighted by Crippen LogP contribution is 2.33. The van der Waals surface area contributed by atoms with E-state index in [1.807, 2.05) is 0 Å². The van der Waals surface area contributed by atoms with Crippen LogP contribution >= 0.6 is 11.6 Å². The summed E-state index contributed by atoms with van der Waals surface area (Å²) < 4.78 is 39.5. The maximum atomic E-state index is 13.2. The maximum absolute atomic E-state index is 13.2. The molecule has 1 fully saturated rings. The molecule has 1 atom stereocenters. The Morgan fingerprint density at radius 3 is 2.70 bits per heavy atom. The van der Waals surface area contributed by atoms with Crippen molar-refractivity contribution in [3.63, 3.8) is 0 Å². The van der Waals surface area contributed by atoms with E-state index in [0.29, 0.717) is 5.69 Å². The molecule has 1 aliphatic rings. The number of piperazine rings is 1. The van der Waals surface area contributed by atoms with Crippen molar-refractivity contribution in [3.05, 3.63) is 57.0 Å². The first-order valence-corrected chi connectivity index (χ1v) is 8.49. The van der Waals surface area contributed by atoms with E-state index in [4.69, 9.17) is 11.6 Å². The highest BCUT2D eigenvalue weighted by atomic mass is 35.5. The number of alkyl halides is 3. The molecule has 1 aliphatic heterocycles. The van der Waals surface area contributed by atoms with Crippen molar-refractivity contribution >= 4 is 23.2 Å². The van der Waals surface area contributed by atoms with Gasteiger partial charge in [-0.1, -0.05) is 29.8 Å². The molecule has 1 amide bonds. The van der Waals surface area contributed by atoms with Crippen LogP contribution in [0, 0.1) is 0 Å². The van der Waals surface area contributed by atoms with Crippen molar-refractivity contribution in [3.8, 4) is 0 Å². The molecule has 27 heavy (non-hydrogen) atoms. The van der Waals surface area contributed by atoms with E-state index in [-0.39, 0.29) is 42.2 Å². The lowest BCUT2D eigenvalue weighted by atomic mass is 10.0. The first-order valence-electron chi connectivity index (χ1n) is 8.11. The standard InChI is InChI=1S/C17H16ClF3N4O2/c1-10-7-24(8-11-4-2-3-5-12(11)17(19,20)21)14(26)9-25(10)13-6-22-23-16(27)15(13)18/h2-6,10H,7-9H2,1H3,(H,23,27)/t10-/m0/s1. The zero-order valence-electron chi connectivity index (χ0n) is 14.3. The predicted molar refractivity (Wildman–Crippen MR) is 93.5 cm³/mol. The molecule has 2 heterocycles. The van der Waals surface area contributed by atoms with Crippen LogP contribution in [0.2, 0.25) is 5.02 Å². The van der Waals surface area contributed by atoms with Crippen LogP contribution in [-0.2, 0) is 17.5 Å². The van der Waals surface area contributed by atoms with Gasteiger partial charge in [0.05, 0.1) is 24.0 Å². The van der Waals surface area contributed by atoms with Gasteiger partial charge in [-0.15, -0.1) is 0 Å². The van der Waals surface area contributed by atoms with Gasteiger partial charge in [-0.2, -0.15) is 18.3 Å². The Hall–Kier alpha value is -2.55. The molecule has 6 nitrogen and oxygen atoms in total. The minimum absolute atomic E-state index is 0.0369. The van der Waals surface area contributed by atoms with E-state index in [2.05, 4.69) is 10.2 Å². The smallest absolute Gasteiger partial charge is 0.355 e. The second-order valence-corrected chi connectivity index (χ2v) is 6.68. The molecule has 10 heteroatoms. The molecule has 0 radical (unpaired) electrons. The van der Waals surface area contributed by atoms with E-state index in [1.165, 1.54) is 29.3 Å². The first kappa shape index (κ1) is 19.2. The fourth-order valence-corrected chi connectivity index (χ4v) is 3.31. The van der Waals surface area contributed by atoms with Crippen molar-refractivity contribution < 1.29 is 18.0 Å². The number of hydrogen-bond acceptors (Lipinski definition) is 4. The summed E-state index contributed by atoms with van der Waals surface area (Å²) in [6.45, 7) is 1.73. The van der Waals surface area contributed by atoms with Crippen molar-refractivity contribution in [1.82, 2.24) is 15.1 Å². The SMILES string of the molecule is C[C@H]1CN(Cc2ccccc2C(F)(F)F)C(=O)CN1c1cn[nH]c(=O)c1Cl. The summed E-state index contributed by atoms with van der Waals surface area (Å²) in [5, 5.41) is 5.81. The van der Waals surface area contributed by atoms with Crippen LogP contribution in [-0.4, -0.2) is 40.1 Å². The number of nitrogens with one attached hydrogen (secondary N) is 1. The molecule has 0 saturated carbocycles. The first-order chi connectivity index (χ1) is 12.7. The molecule has 1 N–H and O–H groups in total. The number of halogens is 4. The normalized spacial score (nSPS) is 18.1. The summed E-state index contributed by atoms with van der Waals surface area (Å²) in [5.41, 5.74) is -0.975. The van der Waals surface area contributed by atoms with E-state index in [1.54, 1.807) is 11.8 Å². The topological polar surface area (TPSA) is 69.3 Å². The monoisotopic (exact) mass is 400 g/mol. The van der Waals surface area contributed by atoms with Gasteiger partial charge in [0.25, 0.3) is 5.56 Å². The number of hydrogen-bond donors (Lipinski definition) is 1. The van der Waals surface area contributed by atoms with Gasteiger partial charge in [0.2, 0.25) is 5.91 Å². The van der Waals surface area contributed by atoms with Gasteiger partial charge < -0.3 is 9.80 Å². The zero-order valence-corrected chi connectivity index (χ0v) is 15.0. The van der Waals surface area contributed by atoms with Crippen LogP contribution < -0.4 is 10.5 Å². The molecule has 144 valence electrons. The van der Waals surface area contributed by atoms with Gasteiger partial charge in [-0.3, -0.25) is 9.59 Å². The highest BCUT2D eigenvalue weighted by molar-refractivity contribution is 6.33. The number of anilines is 1. The highest BCUT2D eigenvalue weighted by Gasteiger charge is 2.36. The summed E-state index contributed by atoms with van der Waals surface area (Å²) >= 11 is 6.00. The molecular formula is C17H16ClF3N4O2. The molecule has 3 rings (SSSR count). The quantitative estimate of drug-likeness (QED) is 0.860. The number of nitrogens with zero attached hydrogens (tertiary/aromatic N) is 3. The molecule has 0 spiro atoms.